The molecule has 0 aliphatic rings. The Labute approximate surface area is 214 Å². The lowest BCUT2D eigenvalue weighted by molar-refractivity contribution is -0.0121. The van der Waals surface area contributed by atoms with Crippen molar-refractivity contribution in [2.45, 2.75) is 194 Å². The second-order valence-corrected chi connectivity index (χ2v) is 10.5. The van der Waals surface area contributed by atoms with Crippen LogP contribution in [0, 0.1) is 0 Å². The fourth-order valence-corrected chi connectivity index (χ4v) is 4.73. The van der Waals surface area contributed by atoms with Gasteiger partial charge in [-0.05, 0) is 51.4 Å². The second kappa shape index (κ2) is 26.9. The largest absolute Gasteiger partial charge is 0.508 e. The van der Waals surface area contributed by atoms with Crippen molar-refractivity contribution in [3.63, 3.8) is 0 Å². The van der Waals surface area contributed by atoms with Gasteiger partial charge < -0.3 is 9.47 Å². The van der Waals surface area contributed by atoms with Crippen LogP contribution in [0.5, 0.6) is 0 Å². The molecule has 0 fully saturated rings. The number of carbonyl (C=O) groups is 1. The second-order valence-electron chi connectivity index (χ2n) is 10.5. The first kappa shape index (κ1) is 33.3. The van der Waals surface area contributed by atoms with Gasteiger partial charge in [-0.1, -0.05) is 130 Å². The Bertz CT molecular complexity index is 345. The van der Waals surface area contributed by atoms with Gasteiger partial charge in [-0.25, -0.2) is 4.79 Å². The topological polar surface area (TPSA) is 35.5 Å². The van der Waals surface area contributed by atoms with E-state index in [4.69, 9.17) is 9.47 Å². The summed E-state index contributed by atoms with van der Waals surface area (Å²) in [5.74, 6) is 0. The van der Waals surface area contributed by atoms with E-state index in [0.717, 1.165) is 51.4 Å². The smallest absolute Gasteiger partial charge is 0.431 e. The first-order chi connectivity index (χ1) is 16.7. The maximum atomic E-state index is 12.8. The van der Waals surface area contributed by atoms with E-state index in [9.17, 15) is 4.79 Å². The minimum atomic E-state index is -0.403. The molecule has 0 amide bonds. The zero-order valence-corrected chi connectivity index (χ0v) is 23.9. The van der Waals surface area contributed by atoms with E-state index in [2.05, 4.69) is 27.7 Å². The molecule has 0 aromatic heterocycles. The van der Waals surface area contributed by atoms with Crippen LogP contribution < -0.4 is 0 Å². The van der Waals surface area contributed by atoms with Gasteiger partial charge in [-0.15, -0.1) is 0 Å². The molecular weight excluding hydrogens is 420 g/mol. The molecule has 0 rings (SSSR count). The molecule has 0 heterocycles. The zero-order chi connectivity index (χ0) is 25.1. The van der Waals surface area contributed by atoms with E-state index in [0.29, 0.717) is 0 Å². The molecule has 0 N–H and O–H groups in total. The molecule has 0 aliphatic heterocycles. The van der Waals surface area contributed by atoms with Crippen LogP contribution in [0.4, 0.5) is 4.79 Å². The monoisotopic (exact) mass is 482 g/mol. The van der Waals surface area contributed by atoms with Crippen molar-refractivity contribution in [1.29, 1.82) is 0 Å². The third kappa shape index (κ3) is 23.0. The van der Waals surface area contributed by atoms with Crippen LogP contribution in [0.3, 0.4) is 0 Å². The minimum absolute atomic E-state index is 0.0329. The van der Waals surface area contributed by atoms with Gasteiger partial charge in [-0.3, -0.25) is 0 Å². The molecule has 0 aromatic rings. The highest BCUT2D eigenvalue weighted by molar-refractivity contribution is 5.60. The fourth-order valence-electron chi connectivity index (χ4n) is 4.73. The minimum Gasteiger partial charge on any atom is -0.431 e. The van der Waals surface area contributed by atoms with Crippen molar-refractivity contribution < 1.29 is 14.3 Å². The summed E-state index contributed by atoms with van der Waals surface area (Å²) in [7, 11) is 0. The summed E-state index contributed by atoms with van der Waals surface area (Å²) in [5.41, 5.74) is 0. The van der Waals surface area contributed by atoms with Crippen LogP contribution in [0.15, 0.2) is 0 Å². The molecule has 0 aliphatic carbocycles. The number of hydrogen-bond acceptors (Lipinski definition) is 3. The molecule has 0 bridgehead atoms. The quantitative estimate of drug-likeness (QED) is 0.0908. The van der Waals surface area contributed by atoms with Crippen molar-refractivity contribution in [2.24, 2.45) is 0 Å². The molecule has 0 unspecified atom stereocenters. The van der Waals surface area contributed by atoms with Crippen molar-refractivity contribution in [2.75, 3.05) is 0 Å². The number of carbonyl (C=O) groups excluding carboxylic acids is 1. The third-order valence-electron chi connectivity index (χ3n) is 7.04. The lowest BCUT2D eigenvalue weighted by Crippen LogP contribution is -2.24. The summed E-state index contributed by atoms with van der Waals surface area (Å²) in [6.07, 6.45) is 28.7. The van der Waals surface area contributed by atoms with E-state index in [-0.39, 0.29) is 12.2 Å². The maximum absolute atomic E-state index is 12.8. The molecule has 3 heteroatoms. The molecule has 0 radical (unpaired) electrons. The predicted molar refractivity (Wildman–Crippen MR) is 149 cm³/mol. The maximum Gasteiger partial charge on any atom is 0.508 e. The van der Waals surface area contributed by atoms with Crippen molar-refractivity contribution in [3.8, 4) is 0 Å². The lowest BCUT2D eigenvalue weighted by atomic mass is 10.0. The number of unbranched alkanes of at least 4 members (excludes halogenated alkanes) is 16. The predicted octanol–water partition coefficient (Wildman–Crippen LogP) is 11.3. The van der Waals surface area contributed by atoms with Crippen LogP contribution in [-0.2, 0) is 9.47 Å². The molecule has 204 valence electrons. The Kier molecular flexibility index (Phi) is 26.3. The molecule has 0 saturated heterocycles. The summed E-state index contributed by atoms with van der Waals surface area (Å²) >= 11 is 0. The Morgan fingerprint density at radius 1 is 0.412 bits per heavy atom. The molecule has 3 nitrogen and oxygen atoms in total. The van der Waals surface area contributed by atoms with Crippen LogP contribution in [-0.4, -0.2) is 18.4 Å². The molecular formula is C31H62O3. The van der Waals surface area contributed by atoms with Gasteiger partial charge in [0, 0.05) is 0 Å². The van der Waals surface area contributed by atoms with Crippen LogP contribution in [0.1, 0.15) is 182 Å². The van der Waals surface area contributed by atoms with Crippen LogP contribution in [0.25, 0.3) is 0 Å². The average molecular weight is 483 g/mol. The normalized spacial score (nSPS) is 11.5. The lowest BCUT2D eigenvalue weighted by Gasteiger charge is -2.22. The third-order valence-corrected chi connectivity index (χ3v) is 7.04. The summed E-state index contributed by atoms with van der Waals surface area (Å²) < 4.78 is 11.8. The molecule has 0 aromatic carbocycles. The number of hydrogen-bond donors (Lipinski definition) is 0. The van der Waals surface area contributed by atoms with Gasteiger partial charge in [0.25, 0.3) is 0 Å². The van der Waals surface area contributed by atoms with E-state index >= 15 is 0 Å². The summed E-state index contributed by atoms with van der Waals surface area (Å²) in [6, 6.07) is 0. The van der Waals surface area contributed by atoms with Gasteiger partial charge in [0.05, 0.1) is 0 Å². The van der Waals surface area contributed by atoms with Crippen LogP contribution in [0.2, 0.25) is 0 Å². The van der Waals surface area contributed by atoms with E-state index < -0.39 is 6.16 Å². The van der Waals surface area contributed by atoms with E-state index in [1.54, 1.807) is 0 Å². The van der Waals surface area contributed by atoms with Gasteiger partial charge in [0.2, 0.25) is 0 Å². The van der Waals surface area contributed by atoms with Gasteiger partial charge >= 0.3 is 6.16 Å². The zero-order valence-electron chi connectivity index (χ0n) is 23.9. The molecule has 0 atom stereocenters. The van der Waals surface area contributed by atoms with Gasteiger partial charge in [0.15, 0.2) is 0 Å². The average Bonchev–Trinajstić information content (AvgIpc) is 2.83. The Morgan fingerprint density at radius 2 is 0.647 bits per heavy atom. The van der Waals surface area contributed by atoms with Gasteiger partial charge in [0.1, 0.15) is 12.2 Å². The van der Waals surface area contributed by atoms with Gasteiger partial charge in [-0.2, -0.15) is 0 Å². The fraction of sp³-hybridized carbons (Fsp3) is 0.968. The summed E-state index contributed by atoms with van der Waals surface area (Å²) in [6.45, 7) is 9.01. The summed E-state index contributed by atoms with van der Waals surface area (Å²) in [4.78, 5) is 12.8. The first-order valence-electron chi connectivity index (χ1n) is 15.5. The Hall–Kier alpha value is -0.730. The molecule has 0 spiro atoms. The Morgan fingerprint density at radius 3 is 0.882 bits per heavy atom. The van der Waals surface area contributed by atoms with Crippen molar-refractivity contribution >= 4 is 6.16 Å². The van der Waals surface area contributed by atoms with E-state index in [1.807, 2.05) is 0 Å². The Balaban J connectivity index is 4.58. The van der Waals surface area contributed by atoms with Crippen molar-refractivity contribution in [1.82, 2.24) is 0 Å². The standard InChI is InChI=1S/C31H62O3/c1-5-9-13-17-21-25-29(26-22-18-14-10-6-2)33-31(32)34-30(27-23-19-15-11-7-3)28-24-20-16-12-8-4/h29-30H,5-28H2,1-4H3. The van der Waals surface area contributed by atoms with E-state index in [1.165, 1.54) is 103 Å². The number of ether oxygens (including phenoxy) is 2. The van der Waals surface area contributed by atoms with Crippen molar-refractivity contribution in [3.05, 3.63) is 0 Å². The molecule has 34 heavy (non-hydrogen) atoms. The number of rotatable bonds is 26. The molecule has 0 saturated carbocycles. The first-order valence-corrected chi connectivity index (χ1v) is 15.5. The summed E-state index contributed by atoms with van der Waals surface area (Å²) in [5, 5.41) is 0. The SMILES string of the molecule is CCCCCCCC(CCCCCCC)OC(=O)OC(CCCCCCC)CCCCCCC. The van der Waals surface area contributed by atoms with Crippen LogP contribution >= 0.6 is 0 Å². The highest BCUT2D eigenvalue weighted by atomic mass is 16.7. The highest BCUT2D eigenvalue weighted by Crippen LogP contribution is 2.20. The highest BCUT2D eigenvalue weighted by Gasteiger charge is 2.20.